The second kappa shape index (κ2) is 8.90. The van der Waals surface area contributed by atoms with E-state index >= 15 is 0 Å². The van der Waals surface area contributed by atoms with Crippen LogP contribution in [0.5, 0.6) is 0 Å². The first-order chi connectivity index (χ1) is 9.10. The molecule has 2 N–H and O–H groups in total. The largest absolute Gasteiger partial charge is 0.383 e. The molecule has 4 heteroatoms. The molecule has 1 fully saturated rings. The van der Waals surface area contributed by atoms with Crippen molar-refractivity contribution in [2.24, 2.45) is 17.6 Å². The van der Waals surface area contributed by atoms with Gasteiger partial charge >= 0.3 is 0 Å². The van der Waals surface area contributed by atoms with E-state index in [1.54, 1.807) is 14.2 Å². The molecule has 1 saturated carbocycles. The van der Waals surface area contributed by atoms with Crippen LogP contribution in [0, 0.1) is 11.8 Å². The van der Waals surface area contributed by atoms with Crippen molar-refractivity contribution in [3.05, 3.63) is 0 Å². The van der Waals surface area contributed by atoms with Crippen LogP contribution < -0.4 is 5.73 Å². The van der Waals surface area contributed by atoms with Gasteiger partial charge in [-0.2, -0.15) is 0 Å². The van der Waals surface area contributed by atoms with Gasteiger partial charge in [-0.1, -0.05) is 13.8 Å². The summed E-state index contributed by atoms with van der Waals surface area (Å²) in [4.78, 5) is 2.46. The third-order valence-corrected chi connectivity index (χ3v) is 4.49. The van der Waals surface area contributed by atoms with Crippen LogP contribution in [0.1, 0.15) is 33.1 Å². The average molecular weight is 272 g/mol. The molecule has 0 aromatic carbocycles. The van der Waals surface area contributed by atoms with E-state index in [4.69, 9.17) is 15.2 Å². The van der Waals surface area contributed by atoms with E-state index in [0.29, 0.717) is 12.1 Å². The molecule has 0 spiro atoms. The van der Waals surface area contributed by atoms with Crippen molar-refractivity contribution in [2.75, 3.05) is 40.5 Å². The van der Waals surface area contributed by atoms with E-state index in [1.165, 1.54) is 12.8 Å². The van der Waals surface area contributed by atoms with Crippen LogP contribution in [-0.2, 0) is 9.47 Å². The molecule has 0 amide bonds. The number of ether oxygens (including phenoxy) is 2. The van der Waals surface area contributed by atoms with Gasteiger partial charge < -0.3 is 15.2 Å². The minimum absolute atomic E-state index is 0.295. The molecular weight excluding hydrogens is 240 g/mol. The van der Waals surface area contributed by atoms with Crippen molar-refractivity contribution < 1.29 is 9.47 Å². The highest BCUT2D eigenvalue weighted by atomic mass is 16.5. The molecule has 0 aliphatic heterocycles. The topological polar surface area (TPSA) is 47.7 Å². The summed E-state index contributed by atoms with van der Waals surface area (Å²) >= 11 is 0. The number of nitrogens with two attached hydrogens (primary N) is 1. The summed E-state index contributed by atoms with van der Waals surface area (Å²) in [5.41, 5.74) is 6.36. The van der Waals surface area contributed by atoms with Crippen LogP contribution in [0.4, 0.5) is 0 Å². The summed E-state index contributed by atoms with van der Waals surface area (Å²) in [5, 5.41) is 0. The van der Waals surface area contributed by atoms with Crippen LogP contribution in [-0.4, -0.2) is 57.5 Å². The lowest BCUT2D eigenvalue weighted by Crippen LogP contribution is -2.53. The molecule has 19 heavy (non-hydrogen) atoms. The lowest BCUT2D eigenvalue weighted by molar-refractivity contribution is 0.0486. The van der Waals surface area contributed by atoms with Gasteiger partial charge in [0.15, 0.2) is 0 Å². The highest BCUT2D eigenvalue weighted by Gasteiger charge is 2.33. The first-order valence-corrected chi connectivity index (χ1v) is 7.57. The summed E-state index contributed by atoms with van der Waals surface area (Å²) in [5.74, 6) is 1.55. The zero-order valence-corrected chi connectivity index (χ0v) is 13.1. The second-order valence-electron chi connectivity index (χ2n) is 6.07. The maximum absolute atomic E-state index is 6.36. The molecule has 114 valence electrons. The van der Waals surface area contributed by atoms with Crippen molar-refractivity contribution in [3.63, 3.8) is 0 Å². The molecule has 0 aromatic rings. The first-order valence-electron chi connectivity index (χ1n) is 7.57. The maximum atomic E-state index is 6.36. The van der Waals surface area contributed by atoms with E-state index in [9.17, 15) is 0 Å². The predicted octanol–water partition coefficient (Wildman–Crippen LogP) is 1.73. The Morgan fingerprint density at radius 1 is 1.11 bits per heavy atom. The van der Waals surface area contributed by atoms with E-state index in [1.807, 2.05) is 0 Å². The van der Waals surface area contributed by atoms with Crippen LogP contribution in [0.3, 0.4) is 0 Å². The SMILES string of the molecule is COCCN(CCOC)C1CC(C(C)C)CCC1N. The molecule has 1 rings (SSSR count). The summed E-state index contributed by atoms with van der Waals surface area (Å²) in [7, 11) is 3.51. The van der Waals surface area contributed by atoms with Crippen LogP contribution in [0.2, 0.25) is 0 Å². The zero-order valence-electron chi connectivity index (χ0n) is 13.1. The Hall–Kier alpha value is -0.160. The normalized spacial score (nSPS) is 28.3. The summed E-state index contributed by atoms with van der Waals surface area (Å²) in [6, 6.07) is 0.773. The summed E-state index contributed by atoms with van der Waals surface area (Å²) in [6.45, 7) is 8.07. The van der Waals surface area contributed by atoms with E-state index in [2.05, 4.69) is 18.7 Å². The fourth-order valence-corrected chi connectivity index (χ4v) is 3.09. The van der Waals surface area contributed by atoms with Crippen LogP contribution >= 0.6 is 0 Å². The second-order valence-corrected chi connectivity index (χ2v) is 6.07. The fraction of sp³-hybridized carbons (Fsp3) is 1.00. The average Bonchev–Trinajstić information content (AvgIpc) is 2.40. The molecule has 0 heterocycles. The summed E-state index contributed by atoms with van der Waals surface area (Å²) < 4.78 is 10.5. The molecule has 0 radical (unpaired) electrons. The quantitative estimate of drug-likeness (QED) is 0.731. The Bertz CT molecular complexity index is 228. The molecule has 1 aliphatic rings. The van der Waals surface area contributed by atoms with Crippen molar-refractivity contribution >= 4 is 0 Å². The Morgan fingerprint density at radius 3 is 2.16 bits per heavy atom. The number of hydrogen-bond acceptors (Lipinski definition) is 4. The van der Waals surface area contributed by atoms with Crippen molar-refractivity contribution in [1.29, 1.82) is 0 Å². The Labute approximate surface area is 118 Å². The van der Waals surface area contributed by atoms with Gasteiger partial charge in [-0.05, 0) is 31.1 Å². The molecule has 3 unspecified atom stereocenters. The molecular formula is C15H32N2O2. The van der Waals surface area contributed by atoms with Crippen LogP contribution in [0.25, 0.3) is 0 Å². The Kier molecular flexibility index (Phi) is 7.91. The van der Waals surface area contributed by atoms with Crippen molar-refractivity contribution in [2.45, 2.75) is 45.2 Å². The molecule has 1 aliphatic carbocycles. The highest BCUT2D eigenvalue weighted by Crippen LogP contribution is 2.31. The van der Waals surface area contributed by atoms with Gasteiger partial charge in [0.25, 0.3) is 0 Å². The van der Waals surface area contributed by atoms with Crippen molar-refractivity contribution in [3.8, 4) is 0 Å². The minimum atomic E-state index is 0.295. The standard InChI is InChI=1S/C15H32N2O2/c1-12(2)13-5-6-14(16)15(11-13)17(7-9-18-3)8-10-19-4/h12-15H,5-11,16H2,1-4H3. The number of nitrogens with zero attached hydrogens (tertiary/aromatic N) is 1. The molecule has 4 nitrogen and oxygen atoms in total. The fourth-order valence-electron chi connectivity index (χ4n) is 3.09. The third kappa shape index (κ3) is 5.38. The van der Waals surface area contributed by atoms with Crippen LogP contribution in [0.15, 0.2) is 0 Å². The maximum Gasteiger partial charge on any atom is 0.0589 e. The smallest absolute Gasteiger partial charge is 0.0589 e. The lowest BCUT2D eigenvalue weighted by Gasteiger charge is -2.42. The number of methoxy groups -OCH3 is 2. The van der Waals surface area contributed by atoms with Gasteiger partial charge in [-0.25, -0.2) is 0 Å². The Morgan fingerprint density at radius 2 is 1.68 bits per heavy atom. The predicted molar refractivity (Wildman–Crippen MR) is 79.3 cm³/mol. The van der Waals surface area contributed by atoms with Crippen molar-refractivity contribution in [1.82, 2.24) is 4.90 Å². The lowest BCUT2D eigenvalue weighted by atomic mass is 9.76. The summed E-state index contributed by atoms with van der Waals surface area (Å²) in [6.07, 6.45) is 3.63. The molecule has 0 bridgehead atoms. The van der Waals surface area contributed by atoms with E-state index in [-0.39, 0.29) is 0 Å². The van der Waals surface area contributed by atoms with E-state index < -0.39 is 0 Å². The Balaban J connectivity index is 2.61. The van der Waals surface area contributed by atoms with Gasteiger partial charge in [0.05, 0.1) is 13.2 Å². The highest BCUT2D eigenvalue weighted by molar-refractivity contribution is 4.90. The number of rotatable bonds is 8. The van der Waals surface area contributed by atoms with E-state index in [0.717, 1.165) is 44.6 Å². The van der Waals surface area contributed by atoms with Gasteiger partial charge in [-0.15, -0.1) is 0 Å². The minimum Gasteiger partial charge on any atom is -0.383 e. The zero-order chi connectivity index (χ0) is 14.3. The monoisotopic (exact) mass is 272 g/mol. The third-order valence-electron chi connectivity index (χ3n) is 4.49. The molecule has 0 aromatic heterocycles. The number of hydrogen-bond donors (Lipinski definition) is 1. The van der Waals surface area contributed by atoms with Gasteiger partial charge in [-0.3, -0.25) is 4.90 Å². The van der Waals surface area contributed by atoms with Gasteiger partial charge in [0.2, 0.25) is 0 Å². The molecule has 0 saturated heterocycles. The molecule has 3 atom stereocenters. The van der Waals surface area contributed by atoms with Gasteiger partial charge in [0.1, 0.15) is 0 Å². The van der Waals surface area contributed by atoms with Gasteiger partial charge in [0, 0.05) is 39.4 Å². The first kappa shape index (κ1) is 16.9.